The fourth-order valence-corrected chi connectivity index (χ4v) is 1.11. The number of nitrogens with zero attached hydrogens (tertiary/aromatic N) is 1. The molecule has 0 aromatic heterocycles. The Labute approximate surface area is 82.2 Å². The zero-order valence-corrected chi connectivity index (χ0v) is 7.59. The van der Waals surface area contributed by atoms with Crippen molar-refractivity contribution in [1.82, 2.24) is 10.2 Å². The van der Waals surface area contributed by atoms with E-state index in [9.17, 15) is 27.6 Å². The first-order chi connectivity index (χ1) is 6.73. The molecular weight excluding hydrogens is 217 g/mol. The van der Waals surface area contributed by atoms with Crippen LogP contribution in [-0.2, 0) is 14.4 Å². The van der Waals surface area contributed by atoms with Gasteiger partial charge in [0.25, 0.3) is 5.91 Å². The summed E-state index contributed by atoms with van der Waals surface area (Å²) >= 11 is 0. The van der Waals surface area contributed by atoms with E-state index in [1.807, 2.05) is 0 Å². The number of carbonyl (C=O) groups excluding carboxylic acids is 3. The van der Waals surface area contributed by atoms with Crippen molar-refractivity contribution in [2.75, 3.05) is 7.05 Å². The Morgan fingerprint density at radius 1 is 1.47 bits per heavy atom. The van der Waals surface area contributed by atoms with Crippen LogP contribution in [0.2, 0.25) is 0 Å². The fourth-order valence-electron chi connectivity index (χ4n) is 1.11. The summed E-state index contributed by atoms with van der Waals surface area (Å²) in [5, 5.41) is 1.45. The SMILES string of the molecule is CN1C(=O)CC(NC(=O)C(F)(F)F)C1=O. The Hall–Kier alpha value is -1.60. The highest BCUT2D eigenvalue weighted by atomic mass is 19.4. The number of likely N-dealkylation sites (tertiary alicyclic amines) is 1. The van der Waals surface area contributed by atoms with Gasteiger partial charge < -0.3 is 5.32 Å². The quantitative estimate of drug-likeness (QED) is 0.606. The summed E-state index contributed by atoms with van der Waals surface area (Å²) in [4.78, 5) is 33.1. The lowest BCUT2D eigenvalue weighted by atomic mass is 10.2. The maximum absolute atomic E-state index is 11.8. The van der Waals surface area contributed by atoms with Gasteiger partial charge in [-0.2, -0.15) is 13.2 Å². The maximum Gasteiger partial charge on any atom is 0.471 e. The standard InChI is InChI=1S/C7H7F3N2O3/c1-12-4(13)2-3(5(12)14)11-6(15)7(8,9)10/h3H,2H2,1H3,(H,11,15). The molecule has 0 aromatic rings. The van der Waals surface area contributed by atoms with Gasteiger partial charge in [0.05, 0.1) is 6.42 Å². The number of nitrogens with one attached hydrogen (secondary N) is 1. The van der Waals surface area contributed by atoms with E-state index in [2.05, 4.69) is 0 Å². The third kappa shape index (κ3) is 2.25. The van der Waals surface area contributed by atoms with Crippen LogP contribution < -0.4 is 5.32 Å². The van der Waals surface area contributed by atoms with Gasteiger partial charge in [0, 0.05) is 7.05 Å². The molecule has 0 bridgehead atoms. The lowest BCUT2D eigenvalue weighted by Crippen LogP contribution is -2.46. The van der Waals surface area contributed by atoms with Crippen molar-refractivity contribution >= 4 is 17.7 Å². The molecule has 1 heterocycles. The number of hydrogen-bond donors (Lipinski definition) is 1. The van der Waals surface area contributed by atoms with Crippen LogP contribution in [0.5, 0.6) is 0 Å². The normalized spacial score (nSPS) is 22.1. The number of likely N-dealkylation sites (N-methyl/N-ethyl adjacent to an activating group) is 1. The highest BCUT2D eigenvalue weighted by Crippen LogP contribution is 2.17. The van der Waals surface area contributed by atoms with Crippen LogP contribution in [0.15, 0.2) is 0 Å². The second-order valence-electron chi connectivity index (χ2n) is 3.02. The molecule has 1 saturated heterocycles. The first-order valence-corrected chi connectivity index (χ1v) is 3.91. The van der Waals surface area contributed by atoms with E-state index in [0.29, 0.717) is 4.90 Å². The molecule has 1 N–H and O–H groups in total. The molecule has 0 spiro atoms. The third-order valence-corrected chi connectivity index (χ3v) is 1.94. The minimum atomic E-state index is -5.05. The second kappa shape index (κ2) is 3.52. The van der Waals surface area contributed by atoms with Crippen molar-refractivity contribution in [3.8, 4) is 0 Å². The Balaban J connectivity index is 2.66. The third-order valence-electron chi connectivity index (χ3n) is 1.94. The number of imide groups is 1. The first kappa shape index (κ1) is 11.5. The predicted molar refractivity (Wildman–Crippen MR) is 40.4 cm³/mol. The number of alkyl halides is 3. The zero-order valence-electron chi connectivity index (χ0n) is 7.59. The summed E-state index contributed by atoms with van der Waals surface area (Å²) < 4.78 is 35.4. The highest BCUT2D eigenvalue weighted by Gasteiger charge is 2.44. The van der Waals surface area contributed by atoms with Crippen molar-refractivity contribution in [3.63, 3.8) is 0 Å². The summed E-state index contributed by atoms with van der Waals surface area (Å²) in [6, 6.07) is -1.41. The minimum Gasteiger partial charge on any atom is -0.336 e. The van der Waals surface area contributed by atoms with E-state index in [0.717, 1.165) is 7.05 Å². The second-order valence-corrected chi connectivity index (χ2v) is 3.02. The van der Waals surface area contributed by atoms with E-state index in [1.54, 1.807) is 0 Å². The molecule has 0 aliphatic carbocycles. The summed E-state index contributed by atoms with van der Waals surface area (Å²) in [5.41, 5.74) is 0. The molecule has 1 aliphatic rings. The van der Waals surface area contributed by atoms with E-state index in [1.165, 1.54) is 5.32 Å². The Kier molecular flexibility index (Phi) is 2.69. The van der Waals surface area contributed by atoms with Crippen molar-refractivity contribution in [2.24, 2.45) is 0 Å². The van der Waals surface area contributed by atoms with Crippen LogP contribution in [-0.4, -0.2) is 41.9 Å². The summed E-state index contributed by atoms with van der Waals surface area (Å²) in [7, 11) is 1.14. The van der Waals surface area contributed by atoms with E-state index >= 15 is 0 Å². The molecule has 0 saturated carbocycles. The van der Waals surface area contributed by atoms with Gasteiger partial charge in [0.2, 0.25) is 5.91 Å². The molecule has 84 valence electrons. The molecule has 15 heavy (non-hydrogen) atoms. The smallest absolute Gasteiger partial charge is 0.336 e. The van der Waals surface area contributed by atoms with E-state index in [-0.39, 0.29) is 0 Å². The van der Waals surface area contributed by atoms with Crippen molar-refractivity contribution in [1.29, 1.82) is 0 Å². The summed E-state index contributed by atoms with van der Waals surface area (Å²) in [6.07, 6.45) is -5.48. The lowest BCUT2D eigenvalue weighted by molar-refractivity contribution is -0.174. The van der Waals surface area contributed by atoms with Gasteiger partial charge in [0.15, 0.2) is 0 Å². The molecule has 3 amide bonds. The monoisotopic (exact) mass is 224 g/mol. The Morgan fingerprint density at radius 3 is 2.33 bits per heavy atom. The van der Waals surface area contributed by atoms with Crippen molar-refractivity contribution in [3.05, 3.63) is 0 Å². The average molecular weight is 224 g/mol. The Bertz CT molecular complexity index is 326. The topological polar surface area (TPSA) is 66.5 Å². The molecule has 1 rings (SSSR count). The molecule has 1 unspecified atom stereocenters. The summed E-state index contributed by atoms with van der Waals surface area (Å²) in [5.74, 6) is -3.67. The molecule has 0 radical (unpaired) electrons. The molecule has 1 fully saturated rings. The number of rotatable bonds is 1. The predicted octanol–water partition coefficient (Wildman–Crippen LogP) is -0.578. The summed E-state index contributed by atoms with van der Waals surface area (Å²) in [6.45, 7) is 0. The highest BCUT2D eigenvalue weighted by molar-refractivity contribution is 6.06. The molecule has 1 aliphatic heterocycles. The van der Waals surface area contributed by atoms with E-state index in [4.69, 9.17) is 0 Å². The van der Waals surface area contributed by atoms with Gasteiger partial charge in [0.1, 0.15) is 6.04 Å². The minimum absolute atomic E-state index is 0.433. The van der Waals surface area contributed by atoms with Gasteiger partial charge in [-0.3, -0.25) is 19.3 Å². The molecule has 5 nitrogen and oxygen atoms in total. The average Bonchev–Trinajstić information content (AvgIpc) is 2.32. The maximum atomic E-state index is 11.8. The molecule has 0 aromatic carbocycles. The zero-order chi connectivity index (χ0) is 11.8. The van der Waals surface area contributed by atoms with Gasteiger partial charge in [-0.25, -0.2) is 0 Å². The van der Waals surface area contributed by atoms with Crippen LogP contribution in [0.4, 0.5) is 13.2 Å². The van der Waals surface area contributed by atoms with Gasteiger partial charge in [-0.1, -0.05) is 0 Å². The molecular formula is C7H7F3N2O3. The number of hydrogen-bond acceptors (Lipinski definition) is 3. The van der Waals surface area contributed by atoms with Crippen molar-refractivity contribution in [2.45, 2.75) is 18.6 Å². The van der Waals surface area contributed by atoms with Crippen molar-refractivity contribution < 1.29 is 27.6 Å². The van der Waals surface area contributed by atoms with Crippen LogP contribution >= 0.6 is 0 Å². The van der Waals surface area contributed by atoms with Gasteiger partial charge in [-0.05, 0) is 0 Å². The van der Waals surface area contributed by atoms with Crippen LogP contribution in [0, 0.1) is 0 Å². The van der Waals surface area contributed by atoms with Crippen LogP contribution in [0.1, 0.15) is 6.42 Å². The first-order valence-electron chi connectivity index (χ1n) is 3.91. The number of halogens is 3. The number of carbonyl (C=O) groups is 3. The molecule has 1 atom stereocenters. The number of amides is 3. The Morgan fingerprint density at radius 2 is 2.00 bits per heavy atom. The molecule has 8 heteroatoms. The van der Waals surface area contributed by atoms with E-state index < -0.39 is 36.4 Å². The fraction of sp³-hybridized carbons (Fsp3) is 0.571. The van der Waals surface area contributed by atoms with Crippen LogP contribution in [0.3, 0.4) is 0 Å². The largest absolute Gasteiger partial charge is 0.471 e. The van der Waals surface area contributed by atoms with Gasteiger partial charge in [-0.15, -0.1) is 0 Å². The van der Waals surface area contributed by atoms with Crippen LogP contribution in [0.25, 0.3) is 0 Å². The lowest BCUT2D eigenvalue weighted by Gasteiger charge is -2.12. The van der Waals surface area contributed by atoms with Gasteiger partial charge >= 0.3 is 12.1 Å².